The summed E-state index contributed by atoms with van der Waals surface area (Å²) < 4.78 is 0. The maximum absolute atomic E-state index is 12.5. The molecule has 1 fully saturated rings. The first-order chi connectivity index (χ1) is 9.47. The lowest BCUT2D eigenvalue weighted by molar-refractivity contribution is -0.151. The third-order valence-corrected chi connectivity index (χ3v) is 4.32. The lowest BCUT2D eigenvalue weighted by Crippen LogP contribution is -2.66. The number of fused-ring (bicyclic) bond motifs is 1. The lowest BCUT2D eigenvalue weighted by atomic mass is 9.86. The van der Waals surface area contributed by atoms with E-state index in [9.17, 15) is 9.59 Å². The van der Waals surface area contributed by atoms with Crippen LogP contribution in [0.25, 0.3) is 0 Å². The summed E-state index contributed by atoms with van der Waals surface area (Å²) in [7, 11) is 0. The zero-order chi connectivity index (χ0) is 14.3. The molecule has 0 bridgehead atoms. The van der Waals surface area contributed by atoms with E-state index < -0.39 is 5.54 Å². The number of hydrogen-bond donors (Lipinski definition) is 1. The SMILES string of the molecule is CC1(C)NC(=O)CN(C2CCc3ccccc3C2)C1=O. The Hall–Kier alpha value is -1.84. The normalized spacial score (nSPS) is 25.1. The topological polar surface area (TPSA) is 49.4 Å². The Bertz CT molecular complexity index is 565. The van der Waals surface area contributed by atoms with Crippen molar-refractivity contribution in [1.29, 1.82) is 0 Å². The zero-order valence-corrected chi connectivity index (χ0v) is 12.0. The molecule has 2 amide bonds. The van der Waals surface area contributed by atoms with E-state index in [4.69, 9.17) is 0 Å². The predicted octanol–water partition coefficient (Wildman–Crippen LogP) is 1.28. The molecule has 1 N–H and O–H groups in total. The molecule has 4 nitrogen and oxygen atoms in total. The van der Waals surface area contributed by atoms with Gasteiger partial charge >= 0.3 is 0 Å². The van der Waals surface area contributed by atoms with Gasteiger partial charge in [-0.05, 0) is 44.2 Å². The number of nitrogens with one attached hydrogen (secondary N) is 1. The molecule has 1 aromatic rings. The van der Waals surface area contributed by atoms with Gasteiger partial charge in [-0.25, -0.2) is 0 Å². The number of rotatable bonds is 1. The molecule has 1 atom stereocenters. The molecule has 1 aromatic carbocycles. The Morgan fingerprint density at radius 2 is 1.90 bits per heavy atom. The summed E-state index contributed by atoms with van der Waals surface area (Å²) in [5.41, 5.74) is 1.89. The number of hydrogen-bond acceptors (Lipinski definition) is 2. The summed E-state index contributed by atoms with van der Waals surface area (Å²) in [6.07, 6.45) is 2.77. The molecule has 1 aliphatic carbocycles. The fourth-order valence-electron chi connectivity index (χ4n) is 3.27. The van der Waals surface area contributed by atoms with E-state index in [-0.39, 0.29) is 24.4 Å². The number of piperazine rings is 1. The fourth-order valence-corrected chi connectivity index (χ4v) is 3.27. The Labute approximate surface area is 119 Å². The van der Waals surface area contributed by atoms with Gasteiger partial charge in [-0.3, -0.25) is 9.59 Å². The van der Waals surface area contributed by atoms with Gasteiger partial charge < -0.3 is 10.2 Å². The summed E-state index contributed by atoms with van der Waals surface area (Å²) in [4.78, 5) is 26.1. The lowest BCUT2D eigenvalue weighted by Gasteiger charge is -2.43. The van der Waals surface area contributed by atoms with Crippen molar-refractivity contribution in [2.45, 2.75) is 44.7 Å². The quantitative estimate of drug-likeness (QED) is 0.837. The van der Waals surface area contributed by atoms with Crippen LogP contribution in [0.15, 0.2) is 24.3 Å². The number of carbonyl (C=O) groups excluding carboxylic acids is 2. The van der Waals surface area contributed by atoms with E-state index in [2.05, 4.69) is 23.5 Å². The van der Waals surface area contributed by atoms with Crippen LogP contribution in [0.3, 0.4) is 0 Å². The van der Waals surface area contributed by atoms with Crippen LogP contribution < -0.4 is 5.32 Å². The Morgan fingerprint density at radius 1 is 1.20 bits per heavy atom. The maximum Gasteiger partial charge on any atom is 0.248 e. The number of amides is 2. The van der Waals surface area contributed by atoms with Crippen LogP contribution in [-0.4, -0.2) is 34.8 Å². The highest BCUT2D eigenvalue weighted by Crippen LogP contribution is 2.27. The minimum atomic E-state index is -0.785. The van der Waals surface area contributed by atoms with Crippen molar-refractivity contribution in [3.8, 4) is 0 Å². The molecular formula is C16H20N2O2. The van der Waals surface area contributed by atoms with Crippen LogP contribution >= 0.6 is 0 Å². The van der Waals surface area contributed by atoms with Gasteiger partial charge in [0.25, 0.3) is 0 Å². The smallest absolute Gasteiger partial charge is 0.248 e. The Balaban J connectivity index is 1.84. The molecule has 3 rings (SSSR count). The first-order valence-corrected chi connectivity index (χ1v) is 7.16. The second-order valence-electron chi connectivity index (χ2n) is 6.27. The molecule has 1 saturated heterocycles. The van der Waals surface area contributed by atoms with Crippen LogP contribution in [0.1, 0.15) is 31.4 Å². The minimum Gasteiger partial charge on any atom is -0.341 e. The highest BCUT2D eigenvalue weighted by atomic mass is 16.2. The second-order valence-corrected chi connectivity index (χ2v) is 6.27. The summed E-state index contributed by atoms with van der Waals surface area (Å²) >= 11 is 0. The van der Waals surface area contributed by atoms with E-state index >= 15 is 0 Å². The molecule has 106 valence electrons. The summed E-state index contributed by atoms with van der Waals surface area (Å²) in [6.45, 7) is 3.74. The monoisotopic (exact) mass is 272 g/mol. The van der Waals surface area contributed by atoms with Crippen LogP contribution in [0.4, 0.5) is 0 Å². The first kappa shape index (κ1) is 13.2. The Morgan fingerprint density at radius 3 is 2.65 bits per heavy atom. The van der Waals surface area contributed by atoms with Gasteiger partial charge in [-0.15, -0.1) is 0 Å². The average Bonchev–Trinajstić information content (AvgIpc) is 2.42. The average molecular weight is 272 g/mol. The molecule has 4 heteroatoms. The largest absolute Gasteiger partial charge is 0.341 e. The van der Waals surface area contributed by atoms with Gasteiger partial charge in [0.05, 0.1) is 6.54 Å². The third-order valence-electron chi connectivity index (χ3n) is 4.32. The van der Waals surface area contributed by atoms with E-state index in [0.29, 0.717) is 0 Å². The number of benzene rings is 1. The summed E-state index contributed by atoms with van der Waals surface area (Å²) in [5.74, 6) is -0.0325. The van der Waals surface area contributed by atoms with Crippen molar-refractivity contribution >= 4 is 11.8 Å². The third kappa shape index (κ3) is 2.19. The van der Waals surface area contributed by atoms with E-state index in [1.54, 1.807) is 18.7 Å². The highest BCUT2D eigenvalue weighted by Gasteiger charge is 2.42. The molecule has 1 aliphatic heterocycles. The number of carbonyl (C=O) groups is 2. The van der Waals surface area contributed by atoms with Crippen molar-refractivity contribution in [3.63, 3.8) is 0 Å². The van der Waals surface area contributed by atoms with Gasteiger partial charge in [0, 0.05) is 6.04 Å². The molecule has 20 heavy (non-hydrogen) atoms. The van der Waals surface area contributed by atoms with Gasteiger partial charge in [-0.1, -0.05) is 24.3 Å². The maximum atomic E-state index is 12.5. The Kier molecular flexibility index (Phi) is 3.04. The molecule has 0 spiro atoms. The van der Waals surface area contributed by atoms with Crippen molar-refractivity contribution in [2.24, 2.45) is 0 Å². The van der Waals surface area contributed by atoms with E-state index in [1.807, 2.05) is 6.07 Å². The molecule has 0 saturated carbocycles. The molecule has 2 aliphatic rings. The molecule has 1 unspecified atom stereocenters. The van der Waals surface area contributed by atoms with E-state index in [1.165, 1.54) is 11.1 Å². The number of aryl methyl sites for hydroxylation is 1. The van der Waals surface area contributed by atoms with Crippen molar-refractivity contribution < 1.29 is 9.59 Å². The first-order valence-electron chi connectivity index (χ1n) is 7.16. The van der Waals surface area contributed by atoms with Crippen molar-refractivity contribution in [1.82, 2.24) is 10.2 Å². The van der Waals surface area contributed by atoms with Crippen LogP contribution in [-0.2, 0) is 22.4 Å². The van der Waals surface area contributed by atoms with Crippen molar-refractivity contribution in [2.75, 3.05) is 6.54 Å². The second kappa shape index (κ2) is 4.62. The summed E-state index contributed by atoms with van der Waals surface area (Å²) in [6, 6.07) is 8.52. The standard InChI is InChI=1S/C16H20N2O2/c1-16(2)15(20)18(10-14(19)17-16)13-8-7-11-5-3-4-6-12(11)9-13/h3-6,13H,7-10H2,1-2H3,(H,17,19). The fraction of sp³-hybridized carbons (Fsp3) is 0.500. The number of nitrogens with zero attached hydrogens (tertiary/aromatic N) is 1. The molecule has 0 radical (unpaired) electrons. The van der Waals surface area contributed by atoms with E-state index in [0.717, 1.165) is 19.3 Å². The van der Waals surface area contributed by atoms with Gasteiger partial charge in [-0.2, -0.15) is 0 Å². The minimum absolute atomic E-state index is 0.0291. The molecular weight excluding hydrogens is 252 g/mol. The van der Waals surface area contributed by atoms with Gasteiger partial charge in [0.1, 0.15) is 5.54 Å². The van der Waals surface area contributed by atoms with Crippen LogP contribution in [0, 0.1) is 0 Å². The van der Waals surface area contributed by atoms with Gasteiger partial charge in [0.2, 0.25) is 11.8 Å². The van der Waals surface area contributed by atoms with Crippen LogP contribution in [0.5, 0.6) is 0 Å². The zero-order valence-electron chi connectivity index (χ0n) is 12.0. The van der Waals surface area contributed by atoms with Gasteiger partial charge in [0.15, 0.2) is 0 Å². The molecule has 0 aromatic heterocycles. The molecule has 1 heterocycles. The summed E-state index contributed by atoms with van der Waals surface area (Å²) in [5, 5.41) is 2.76. The highest BCUT2D eigenvalue weighted by molar-refractivity contribution is 5.97. The van der Waals surface area contributed by atoms with Crippen molar-refractivity contribution in [3.05, 3.63) is 35.4 Å². The predicted molar refractivity (Wildman–Crippen MR) is 76.2 cm³/mol. The van der Waals surface area contributed by atoms with Crippen LogP contribution in [0.2, 0.25) is 0 Å².